The maximum Gasteiger partial charge on any atom is 0.308 e. The van der Waals surface area contributed by atoms with Gasteiger partial charge in [0.25, 0.3) is 0 Å². The number of fused-ring (bicyclic) bond motifs is 3. The first-order valence-corrected chi connectivity index (χ1v) is 11.7. The van der Waals surface area contributed by atoms with Crippen LogP contribution in [0.25, 0.3) is 0 Å². The number of rotatable bonds is 5. The molecule has 5 atom stereocenters. The number of ether oxygens (including phenoxy) is 3. The van der Waals surface area contributed by atoms with Crippen LogP contribution < -0.4 is 4.74 Å². The van der Waals surface area contributed by atoms with Gasteiger partial charge in [-0.05, 0) is 47.6 Å². The number of esters is 3. The predicted molar refractivity (Wildman–Crippen MR) is 122 cm³/mol. The third kappa shape index (κ3) is 4.65. The Labute approximate surface area is 195 Å². The molecule has 0 heterocycles. The van der Waals surface area contributed by atoms with Gasteiger partial charge in [0.2, 0.25) is 0 Å². The molecule has 1 aromatic carbocycles. The largest absolute Gasteiger partial charge is 0.465 e. The van der Waals surface area contributed by atoms with Crippen molar-refractivity contribution in [2.75, 3.05) is 6.61 Å². The highest BCUT2D eigenvalue weighted by atomic mass is 16.6. The maximum atomic E-state index is 12.1. The normalized spacial score (nSPS) is 30.8. The number of aliphatic hydroxyl groups is 1. The molecule has 7 nitrogen and oxygen atoms in total. The Morgan fingerprint density at radius 2 is 1.73 bits per heavy atom. The van der Waals surface area contributed by atoms with Gasteiger partial charge in [-0.3, -0.25) is 14.4 Å². The number of aliphatic hydroxyl groups excluding tert-OH is 1. The first kappa shape index (κ1) is 25.2. The van der Waals surface area contributed by atoms with Crippen molar-refractivity contribution in [1.82, 2.24) is 0 Å². The molecule has 1 saturated carbocycles. The minimum atomic E-state index is -1.05. The van der Waals surface area contributed by atoms with Crippen molar-refractivity contribution in [3.8, 4) is 5.75 Å². The second kappa shape index (κ2) is 9.09. The molecule has 0 spiro atoms. The van der Waals surface area contributed by atoms with E-state index in [-0.39, 0.29) is 24.4 Å². The molecular formula is C26H36O7. The van der Waals surface area contributed by atoms with Crippen molar-refractivity contribution in [1.29, 1.82) is 0 Å². The fourth-order valence-electron chi connectivity index (χ4n) is 6.16. The molecule has 182 valence electrons. The van der Waals surface area contributed by atoms with Gasteiger partial charge in [-0.1, -0.05) is 34.1 Å². The molecule has 0 aliphatic heterocycles. The fraction of sp³-hybridized carbons (Fsp3) is 0.654. The molecule has 1 aromatic rings. The zero-order chi connectivity index (χ0) is 24.7. The lowest BCUT2D eigenvalue weighted by atomic mass is 9.48. The van der Waals surface area contributed by atoms with Crippen LogP contribution in [0.1, 0.15) is 96.4 Å². The average Bonchev–Trinajstić information content (AvgIpc) is 2.69. The van der Waals surface area contributed by atoms with Crippen molar-refractivity contribution >= 4 is 17.9 Å². The highest BCUT2D eigenvalue weighted by molar-refractivity contribution is 5.71. The van der Waals surface area contributed by atoms with E-state index in [0.717, 1.165) is 30.4 Å². The van der Waals surface area contributed by atoms with E-state index in [1.807, 2.05) is 32.9 Å². The zero-order valence-corrected chi connectivity index (χ0v) is 20.7. The van der Waals surface area contributed by atoms with Crippen LogP contribution in [0.3, 0.4) is 0 Å². The van der Waals surface area contributed by atoms with Gasteiger partial charge in [-0.15, -0.1) is 0 Å². The molecule has 3 rings (SSSR count). The topological polar surface area (TPSA) is 99.1 Å². The summed E-state index contributed by atoms with van der Waals surface area (Å²) < 4.78 is 16.8. The van der Waals surface area contributed by atoms with Crippen LogP contribution in [-0.4, -0.2) is 35.7 Å². The zero-order valence-electron chi connectivity index (χ0n) is 20.7. The lowest BCUT2D eigenvalue weighted by Crippen LogP contribution is -2.59. The van der Waals surface area contributed by atoms with Gasteiger partial charge in [0, 0.05) is 37.5 Å². The molecule has 1 fully saturated rings. The molecule has 0 aromatic heterocycles. The summed E-state index contributed by atoms with van der Waals surface area (Å²) in [5.41, 5.74) is 1.38. The highest BCUT2D eigenvalue weighted by Gasteiger charge is 2.60. The van der Waals surface area contributed by atoms with Crippen molar-refractivity contribution in [3.63, 3.8) is 0 Å². The number of carbonyl (C=O) groups excluding carboxylic acids is 3. The lowest BCUT2D eigenvalue weighted by Gasteiger charge is -2.58. The summed E-state index contributed by atoms with van der Waals surface area (Å²) in [6, 6.07) is 3.77. The molecule has 2 aliphatic carbocycles. The van der Waals surface area contributed by atoms with E-state index in [9.17, 15) is 19.5 Å². The Hall–Kier alpha value is -2.41. The molecule has 0 saturated heterocycles. The van der Waals surface area contributed by atoms with Crippen LogP contribution in [0.4, 0.5) is 0 Å². The monoisotopic (exact) mass is 460 g/mol. The van der Waals surface area contributed by atoms with E-state index >= 15 is 0 Å². The SMILES string of the molecule is CC(=O)OC[C@]1(C)CCC[C@]2(C)c3cc(OC(C)=O)c(C(C)C)cc3[C@@H](O)[C@H](OC(C)=O)[C@@H]12. The van der Waals surface area contributed by atoms with Crippen molar-refractivity contribution < 1.29 is 33.7 Å². The van der Waals surface area contributed by atoms with E-state index in [1.54, 1.807) is 0 Å². The Balaban J connectivity index is 2.25. The van der Waals surface area contributed by atoms with Crippen LogP contribution in [0.5, 0.6) is 5.75 Å². The average molecular weight is 461 g/mol. The fourth-order valence-corrected chi connectivity index (χ4v) is 6.16. The molecule has 0 bridgehead atoms. The number of benzene rings is 1. The van der Waals surface area contributed by atoms with Crippen LogP contribution in [0.2, 0.25) is 0 Å². The summed E-state index contributed by atoms with van der Waals surface area (Å²) in [4.78, 5) is 35.6. The molecular weight excluding hydrogens is 424 g/mol. The highest BCUT2D eigenvalue weighted by Crippen LogP contribution is 2.61. The maximum absolute atomic E-state index is 12.1. The van der Waals surface area contributed by atoms with Gasteiger partial charge < -0.3 is 19.3 Å². The number of carbonyl (C=O) groups is 3. The van der Waals surface area contributed by atoms with Gasteiger partial charge in [0.1, 0.15) is 18.0 Å². The molecule has 0 unspecified atom stereocenters. The summed E-state index contributed by atoms with van der Waals surface area (Å²) in [6.07, 6.45) is 0.593. The Morgan fingerprint density at radius 3 is 2.27 bits per heavy atom. The van der Waals surface area contributed by atoms with Gasteiger partial charge in [0.15, 0.2) is 0 Å². The van der Waals surface area contributed by atoms with Gasteiger partial charge in [-0.2, -0.15) is 0 Å². The van der Waals surface area contributed by atoms with Crippen LogP contribution in [-0.2, 0) is 29.3 Å². The number of hydrogen-bond acceptors (Lipinski definition) is 7. The second-order valence-electron chi connectivity index (χ2n) is 10.4. The van der Waals surface area contributed by atoms with Crippen LogP contribution >= 0.6 is 0 Å². The molecule has 0 amide bonds. The van der Waals surface area contributed by atoms with Crippen molar-refractivity contribution in [2.24, 2.45) is 11.3 Å². The van der Waals surface area contributed by atoms with Gasteiger partial charge in [0.05, 0.1) is 6.61 Å². The standard InChI is InChI=1S/C26H36O7/c1-14(2)18-11-19-20(12-21(18)32-16(4)28)26(7)10-8-9-25(6,13-31-15(3)27)24(26)23(22(19)30)33-17(5)29/h11-12,14,22-24,30H,8-10,13H2,1-7H3/t22-,23+,24+,25+,26-/m1/s1. The van der Waals surface area contributed by atoms with Crippen molar-refractivity contribution in [2.45, 2.75) is 91.3 Å². The van der Waals surface area contributed by atoms with Gasteiger partial charge >= 0.3 is 17.9 Å². The molecule has 0 radical (unpaired) electrons. The van der Waals surface area contributed by atoms with E-state index in [0.29, 0.717) is 11.3 Å². The predicted octanol–water partition coefficient (Wildman–Crippen LogP) is 4.34. The quantitative estimate of drug-likeness (QED) is 0.515. The van der Waals surface area contributed by atoms with Crippen molar-refractivity contribution in [3.05, 3.63) is 28.8 Å². The summed E-state index contributed by atoms with van der Waals surface area (Å²) in [5.74, 6) is -1.01. The first-order chi connectivity index (χ1) is 15.3. The first-order valence-electron chi connectivity index (χ1n) is 11.7. The number of hydrogen-bond donors (Lipinski definition) is 1. The second-order valence-corrected chi connectivity index (χ2v) is 10.4. The molecule has 2 aliphatic rings. The summed E-state index contributed by atoms with van der Waals surface area (Å²) >= 11 is 0. The van der Waals surface area contributed by atoms with Crippen LogP contribution in [0, 0.1) is 11.3 Å². The molecule has 7 heteroatoms. The summed E-state index contributed by atoms with van der Waals surface area (Å²) in [7, 11) is 0. The Bertz CT molecular complexity index is 952. The smallest absolute Gasteiger partial charge is 0.308 e. The summed E-state index contributed by atoms with van der Waals surface area (Å²) in [6.45, 7) is 12.4. The van der Waals surface area contributed by atoms with E-state index < -0.39 is 35.0 Å². The summed E-state index contributed by atoms with van der Waals surface area (Å²) in [5, 5.41) is 11.5. The van der Waals surface area contributed by atoms with E-state index in [2.05, 4.69) is 6.92 Å². The third-order valence-electron chi connectivity index (χ3n) is 7.42. The minimum absolute atomic E-state index is 0.0511. The van der Waals surface area contributed by atoms with E-state index in [4.69, 9.17) is 14.2 Å². The van der Waals surface area contributed by atoms with E-state index in [1.165, 1.54) is 20.8 Å². The van der Waals surface area contributed by atoms with Gasteiger partial charge in [-0.25, -0.2) is 0 Å². The molecule has 1 N–H and O–H groups in total. The third-order valence-corrected chi connectivity index (χ3v) is 7.42. The van der Waals surface area contributed by atoms with Crippen LogP contribution in [0.15, 0.2) is 12.1 Å². The molecule has 33 heavy (non-hydrogen) atoms. The lowest BCUT2D eigenvalue weighted by molar-refractivity contribution is -0.183. The Morgan fingerprint density at radius 1 is 1.06 bits per heavy atom. The Kier molecular flexibility index (Phi) is 6.94. The minimum Gasteiger partial charge on any atom is -0.465 e.